The van der Waals surface area contributed by atoms with Gasteiger partial charge in [-0.05, 0) is 42.7 Å². The van der Waals surface area contributed by atoms with Crippen molar-refractivity contribution < 1.29 is 33.3 Å². The highest BCUT2D eigenvalue weighted by atomic mass is 16.7. The van der Waals surface area contributed by atoms with Gasteiger partial charge >= 0.3 is 17.9 Å². The summed E-state index contributed by atoms with van der Waals surface area (Å²) in [7, 11) is 0. The fraction of sp³-hybridized carbons (Fsp3) is 0.571. The Balaban J connectivity index is 1.58. The molecule has 2 aliphatic carbocycles. The van der Waals surface area contributed by atoms with E-state index in [0.29, 0.717) is 17.6 Å². The molecule has 1 unspecified atom stereocenters. The Morgan fingerprint density at radius 2 is 2.00 bits per heavy atom. The van der Waals surface area contributed by atoms with Crippen molar-refractivity contribution in [2.45, 2.75) is 65.5 Å². The summed E-state index contributed by atoms with van der Waals surface area (Å²) in [5, 5.41) is 0. The highest BCUT2D eigenvalue weighted by Gasteiger charge is 2.54. The Hall–Kier alpha value is -2.57. The number of hydrogen-bond acceptors (Lipinski definition) is 7. The fourth-order valence-electron chi connectivity index (χ4n) is 4.69. The van der Waals surface area contributed by atoms with Gasteiger partial charge in [-0.25, -0.2) is 9.59 Å². The van der Waals surface area contributed by atoms with Gasteiger partial charge in [-0.15, -0.1) is 0 Å². The molecule has 7 heteroatoms. The zero-order valence-corrected chi connectivity index (χ0v) is 16.4. The Kier molecular flexibility index (Phi) is 4.36. The summed E-state index contributed by atoms with van der Waals surface area (Å²) < 4.78 is 21.8. The van der Waals surface area contributed by atoms with Crippen molar-refractivity contribution in [3.05, 3.63) is 34.6 Å². The van der Waals surface area contributed by atoms with Crippen molar-refractivity contribution in [1.29, 1.82) is 0 Å². The van der Waals surface area contributed by atoms with E-state index in [1.165, 1.54) is 13.2 Å². The van der Waals surface area contributed by atoms with E-state index in [0.717, 1.165) is 24.0 Å². The quantitative estimate of drug-likeness (QED) is 0.241. The zero-order chi connectivity index (χ0) is 20.2. The van der Waals surface area contributed by atoms with Gasteiger partial charge in [0.25, 0.3) is 6.29 Å². The number of cyclic esters (lactones) is 1. The molecule has 150 valence electrons. The highest BCUT2D eigenvalue weighted by Crippen LogP contribution is 2.55. The van der Waals surface area contributed by atoms with Crippen LogP contribution in [0.1, 0.15) is 47.0 Å². The van der Waals surface area contributed by atoms with Crippen molar-refractivity contribution in [1.82, 2.24) is 0 Å². The minimum absolute atomic E-state index is 0.136. The molecule has 2 heterocycles. The molecule has 0 radical (unpaired) electrons. The van der Waals surface area contributed by atoms with Crippen LogP contribution in [0.15, 0.2) is 34.6 Å². The Labute approximate surface area is 163 Å². The minimum Gasteiger partial charge on any atom is -0.458 e. The van der Waals surface area contributed by atoms with E-state index in [9.17, 15) is 14.4 Å². The highest BCUT2D eigenvalue weighted by molar-refractivity contribution is 5.92. The second-order valence-corrected chi connectivity index (χ2v) is 8.43. The van der Waals surface area contributed by atoms with Crippen LogP contribution in [0.2, 0.25) is 0 Å². The van der Waals surface area contributed by atoms with Crippen LogP contribution in [-0.4, -0.2) is 36.4 Å². The maximum Gasteiger partial charge on any atom is 0.338 e. The summed E-state index contributed by atoms with van der Waals surface area (Å²) >= 11 is 0. The van der Waals surface area contributed by atoms with Crippen molar-refractivity contribution in [3.8, 4) is 0 Å². The maximum absolute atomic E-state index is 12.5. The molecule has 0 amide bonds. The van der Waals surface area contributed by atoms with Crippen LogP contribution in [0.3, 0.4) is 0 Å². The average Bonchev–Trinajstić information content (AvgIpc) is 3.21. The van der Waals surface area contributed by atoms with Gasteiger partial charge in [0.05, 0.1) is 11.8 Å². The molecule has 0 bridgehead atoms. The lowest BCUT2D eigenvalue weighted by molar-refractivity contribution is -0.152. The number of fused-ring (bicyclic) bond motifs is 2. The van der Waals surface area contributed by atoms with Crippen molar-refractivity contribution in [2.24, 2.45) is 11.3 Å². The van der Waals surface area contributed by atoms with E-state index in [1.54, 1.807) is 13.0 Å². The molecule has 0 spiro atoms. The summed E-state index contributed by atoms with van der Waals surface area (Å²) in [5.74, 6) is -1.35. The fourth-order valence-corrected chi connectivity index (χ4v) is 4.69. The first-order valence-corrected chi connectivity index (χ1v) is 9.54. The molecule has 0 saturated carbocycles. The first-order chi connectivity index (χ1) is 13.2. The van der Waals surface area contributed by atoms with E-state index >= 15 is 0 Å². The van der Waals surface area contributed by atoms with E-state index in [1.807, 2.05) is 0 Å². The Bertz CT molecular complexity index is 845. The van der Waals surface area contributed by atoms with Crippen molar-refractivity contribution in [3.63, 3.8) is 0 Å². The standard InChI is InChI=1S/C21H24O7/c1-10-7-16(27-19(10)23)25-9-14-12-8-13-15(26-11(2)22)5-6-21(3,4)17(13)18(12)28-20(14)24/h7,9,12,15-16,18H,5-6,8H2,1-4H3/b14-9+/t12-,15?,16-,18+/m1/s1. The van der Waals surface area contributed by atoms with E-state index in [2.05, 4.69) is 13.8 Å². The molecule has 28 heavy (non-hydrogen) atoms. The van der Waals surface area contributed by atoms with Crippen molar-refractivity contribution >= 4 is 17.9 Å². The SMILES string of the molecule is CC(=O)OC1CCC(C)(C)C2=C1C[C@@H]1/C(=C\O[C@H]3C=C(C)C(=O)O3)C(=O)O[C@H]21. The summed E-state index contributed by atoms with van der Waals surface area (Å²) in [6.45, 7) is 7.32. The molecule has 0 N–H and O–H groups in total. The van der Waals surface area contributed by atoms with Gasteiger partial charge in [0.2, 0.25) is 0 Å². The lowest BCUT2D eigenvalue weighted by Gasteiger charge is -2.37. The van der Waals surface area contributed by atoms with Crippen LogP contribution in [0.25, 0.3) is 0 Å². The molecule has 1 saturated heterocycles. The lowest BCUT2D eigenvalue weighted by Crippen LogP contribution is -2.33. The first-order valence-electron chi connectivity index (χ1n) is 9.54. The maximum atomic E-state index is 12.5. The predicted octanol–water partition coefficient (Wildman–Crippen LogP) is 2.71. The normalized spacial score (nSPS) is 34.6. The average molecular weight is 388 g/mol. The molecule has 4 rings (SSSR count). The zero-order valence-electron chi connectivity index (χ0n) is 16.4. The number of rotatable bonds is 3. The molecule has 0 aromatic heterocycles. The second-order valence-electron chi connectivity index (χ2n) is 8.43. The summed E-state index contributed by atoms with van der Waals surface area (Å²) in [5.41, 5.74) is 2.88. The number of hydrogen-bond donors (Lipinski definition) is 0. The van der Waals surface area contributed by atoms with Crippen molar-refractivity contribution in [2.75, 3.05) is 0 Å². The van der Waals surface area contributed by atoms with Gasteiger partial charge in [-0.2, -0.15) is 0 Å². The summed E-state index contributed by atoms with van der Waals surface area (Å²) in [6.07, 6.45) is 3.64. The van der Waals surface area contributed by atoms with Crippen LogP contribution in [0, 0.1) is 11.3 Å². The monoisotopic (exact) mass is 388 g/mol. The molecule has 0 aromatic rings. The van der Waals surface area contributed by atoms with Crippen LogP contribution in [-0.2, 0) is 33.3 Å². The largest absolute Gasteiger partial charge is 0.458 e. The molecule has 1 fully saturated rings. The third-order valence-electron chi connectivity index (χ3n) is 6.02. The lowest BCUT2D eigenvalue weighted by atomic mass is 9.71. The predicted molar refractivity (Wildman–Crippen MR) is 96.4 cm³/mol. The van der Waals surface area contributed by atoms with Gasteiger partial charge in [0.15, 0.2) is 0 Å². The third-order valence-corrected chi connectivity index (χ3v) is 6.02. The second kappa shape index (κ2) is 6.50. The van der Waals surface area contributed by atoms with Crippen LogP contribution >= 0.6 is 0 Å². The molecule has 0 aromatic carbocycles. The van der Waals surface area contributed by atoms with Gasteiger partial charge in [0.1, 0.15) is 12.2 Å². The Morgan fingerprint density at radius 1 is 1.25 bits per heavy atom. The van der Waals surface area contributed by atoms with Crippen LogP contribution < -0.4 is 0 Å². The van der Waals surface area contributed by atoms with E-state index in [4.69, 9.17) is 18.9 Å². The van der Waals surface area contributed by atoms with E-state index in [-0.39, 0.29) is 29.5 Å². The number of ether oxygens (including phenoxy) is 4. The van der Waals surface area contributed by atoms with Crippen LogP contribution in [0.5, 0.6) is 0 Å². The van der Waals surface area contributed by atoms with Gasteiger partial charge in [-0.1, -0.05) is 13.8 Å². The molecular weight excluding hydrogens is 364 g/mol. The van der Waals surface area contributed by atoms with Crippen LogP contribution in [0.4, 0.5) is 0 Å². The first kappa shape index (κ1) is 18.8. The van der Waals surface area contributed by atoms with Gasteiger partial charge in [-0.3, -0.25) is 4.79 Å². The molecule has 7 nitrogen and oxygen atoms in total. The minimum atomic E-state index is -0.832. The molecule has 4 aliphatic rings. The number of carbonyl (C=O) groups excluding carboxylic acids is 3. The van der Waals surface area contributed by atoms with E-state index < -0.39 is 18.2 Å². The summed E-state index contributed by atoms with van der Waals surface area (Å²) in [6, 6.07) is 0. The third kappa shape index (κ3) is 3.02. The van der Waals surface area contributed by atoms with Gasteiger partial charge in [0, 0.05) is 24.5 Å². The van der Waals surface area contributed by atoms with Gasteiger partial charge < -0.3 is 18.9 Å². The number of carbonyl (C=O) groups is 3. The molecule has 4 atom stereocenters. The summed E-state index contributed by atoms with van der Waals surface area (Å²) in [4.78, 5) is 35.4. The smallest absolute Gasteiger partial charge is 0.338 e. The Morgan fingerprint density at radius 3 is 2.64 bits per heavy atom. The molecule has 2 aliphatic heterocycles. The topological polar surface area (TPSA) is 88.1 Å². The molecular formula is C21H24O7. The number of esters is 3.